The van der Waals surface area contributed by atoms with Gasteiger partial charge in [0.25, 0.3) is 0 Å². The lowest BCUT2D eigenvalue weighted by atomic mass is 10.6. The lowest BCUT2D eigenvalue weighted by Crippen LogP contribution is -2.00. The van der Waals surface area contributed by atoms with Crippen LogP contribution in [0.5, 0.6) is 0 Å². The summed E-state index contributed by atoms with van der Waals surface area (Å²) < 4.78 is 7.14. The lowest BCUT2D eigenvalue weighted by Gasteiger charge is -2.00. The van der Waals surface area contributed by atoms with Crippen molar-refractivity contribution in [1.82, 2.24) is 9.55 Å². The SMILES string of the molecule is C=CCOCc1nccn1C. The van der Waals surface area contributed by atoms with Crippen LogP contribution in [0.15, 0.2) is 25.0 Å². The fourth-order valence-corrected chi connectivity index (χ4v) is 0.769. The molecule has 0 amide bonds. The summed E-state index contributed by atoms with van der Waals surface area (Å²) in [7, 11) is 1.94. The van der Waals surface area contributed by atoms with Gasteiger partial charge < -0.3 is 9.30 Å². The normalized spacial score (nSPS) is 9.91. The third-order valence-corrected chi connectivity index (χ3v) is 1.39. The highest BCUT2D eigenvalue weighted by Gasteiger charge is 1.96. The number of nitrogens with zero attached hydrogens (tertiary/aromatic N) is 2. The Morgan fingerprint density at radius 2 is 2.64 bits per heavy atom. The molecule has 3 nitrogen and oxygen atoms in total. The summed E-state index contributed by atoms with van der Waals surface area (Å²) in [6.45, 7) is 4.68. The van der Waals surface area contributed by atoms with Crippen LogP contribution in [0.4, 0.5) is 0 Å². The first-order valence-electron chi connectivity index (χ1n) is 3.49. The van der Waals surface area contributed by atoms with Crippen molar-refractivity contribution in [2.24, 2.45) is 7.05 Å². The monoisotopic (exact) mass is 152 g/mol. The van der Waals surface area contributed by atoms with Crippen LogP contribution >= 0.6 is 0 Å². The number of ether oxygens (including phenoxy) is 1. The van der Waals surface area contributed by atoms with Gasteiger partial charge in [-0.05, 0) is 0 Å². The molecular weight excluding hydrogens is 140 g/mol. The molecule has 0 saturated carbocycles. The van der Waals surface area contributed by atoms with Gasteiger partial charge in [-0.15, -0.1) is 6.58 Å². The molecule has 0 radical (unpaired) electrons. The van der Waals surface area contributed by atoms with Gasteiger partial charge in [0.2, 0.25) is 0 Å². The zero-order valence-electron chi connectivity index (χ0n) is 6.66. The molecule has 11 heavy (non-hydrogen) atoms. The van der Waals surface area contributed by atoms with Gasteiger partial charge in [0, 0.05) is 19.4 Å². The van der Waals surface area contributed by atoms with Gasteiger partial charge in [-0.25, -0.2) is 4.98 Å². The smallest absolute Gasteiger partial charge is 0.134 e. The third-order valence-electron chi connectivity index (χ3n) is 1.39. The van der Waals surface area contributed by atoms with Crippen molar-refractivity contribution in [2.75, 3.05) is 6.61 Å². The van der Waals surface area contributed by atoms with E-state index in [-0.39, 0.29) is 0 Å². The molecule has 0 aliphatic rings. The summed E-state index contributed by atoms with van der Waals surface area (Å²) in [5.41, 5.74) is 0. The van der Waals surface area contributed by atoms with E-state index in [1.165, 1.54) is 0 Å². The Morgan fingerprint density at radius 1 is 1.82 bits per heavy atom. The number of hydrogen-bond donors (Lipinski definition) is 0. The van der Waals surface area contributed by atoms with Crippen LogP contribution in [0.1, 0.15) is 5.82 Å². The first kappa shape index (κ1) is 8.01. The number of aryl methyl sites for hydroxylation is 1. The van der Waals surface area contributed by atoms with Gasteiger partial charge >= 0.3 is 0 Å². The van der Waals surface area contributed by atoms with Crippen LogP contribution in [0, 0.1) is 0 Å². The van der Waals surface area contributed by atoms with Crippen LogP contribution in [0.2, 0.25) is 0 Å². The van der Waals surface area contributed by atoms with Crippen molar-refractivity contribution in [2.45, 2.75) is 6.61 Å². The highest BCUT2D eigenvalue weighted by Crippen LogP contribution is 1.95. The fraction of sp³-hybridized carbons (Fsp3) is 0.375. The predicted molar refractivity (Wildman–Crippen MR) is 43.1 cm³/mol. The van der Waals surface area contributed by atoms with Crippen molar-refractivity contribution in [3.8, 4) is 0 Å². The molecule has 0 aliphatic heterocycles. The molecule has 0 N–H and O–H groups in total. The molecule has 0 spiro atoms. The molecule has 1 aromatic heterocycles. The second kappa shape index (κ2) is 3.93. The molecule has 0 aliphatic carbocycles. The minimum absolute atomic E-state index is 0.551. The average molecular weight is 152 g/mol. The van der Waals surface area contributed by atoms with E-state index in [1.54, 1.807) is 12.3 Å². The highest BCUT2D eigenvalue weighted by atomic mass is 16.5. The number of rotatable bonds is 4. The predicted octanol–water partition coefficient (Wildman–Crippen LogP) is 1.12. The summed E-state index contributed by atoms with van der Waals surface area (Å²) in [5, 5.41) is 0. The Kier molecular flexibility index (Phi) is 2.86. The van der Waals surface area contributed by atoms with Crippen molar-refractivity contribution >= 4 is 0 Å². The quantitative estimate of drug-likeness (QED) is 0.477. The van der Waals surface area contributed by atoms with Gasteiger partial charge in [0.15, 0.2) is 0 Å². The summed E-state index contributed by atoms with van der Waals surface area (Å²) in [6, 6.07) is 0. The molecule has 0 fully saturated rings. The van der Waals surface area contributed by atoms with Gasteiger partial charge in [-0.3, -0.25) is 0 Å². The van der Waals surface area contributed by atoms with E-state index < -0.39 is 0 Å². The van der Waals surface area contributed by atoms with E-state index in [4.69, 9.17) is 4.74 Å². The Bertz CT molecular complexity index is 230. The fourth-order valence-electron chi connectivity index (χ4n) is 0.769. The second-order valence-corrected chi connectivity index (χ2v) is 2.26. The molecule has 0 aromatic carbocycles. The molecular formula is C8H12N2O. The Morgan fingerprint density at radius 3 is 3.18 bits per heavy atom. The first-order chi connectivity index (χ1) is 5.34. The highest BCUT2D eigenvalue weighted by molar-refractivity contribution is 4.88. The molecule has 60 valence electrons. The molecule has 0 unspecified atom stereocenters. The van der Waals surface area contributed by atoms with Crippen LogP contribution in [-0.4, -0.2) is 16.2 Å². The molecule has 0 bridgehead atoms. The summed E-state index contributed by atoms with van der Waals surface area (Å²) >= 11 is 0. The number of aromatic nitrogens is 2. The van der Waals surface area contributed by atoms with Crippen molar-refractivity contribution < 1.29 is 4.74 Å². The molecule has 3 heteroatoms. The van der Waals surface area contributed by atoms with Gasteiger partial charge in [-0.2, -0.15) is 0 Å². The zero-order valence-corrected chi connectivity index (χ0v) is 6.66. The van der Waals surface area contributed by atoms with Crippen LogP contribution in [0.3, 0.4) is 0 Å². The van der Waals surface area contributed by atoms with Crippen LogP contribution in [0.25, 0.3) is 0 Å². The minimum atomic E-state index is 0.551. The Labute approximate surface area is 66.3 Å². The van der Waals surface area contributed by atoms with E-state index >= 15 is 0 Å². The van der Waals surface area contributed by atoms with E-state index in [1.807, 2.05) is 17.8 Å². The zero-order chi connectivity index (χ0) is 8.10. The van der Waals surface area contributed by atoms with Crippen LogP contribution < -0.4 is 0 Å². The maximum atomic E-state index is 5.21. The first-order valence-corrected chi connectivity index (χ1v) is 3.49. The molecule has 1 aromatic rings. The standard InChI is InChI=1S/C8H12N2O/c1-3-6-11-7-8-9-4-5-10(8)2/h3-5H,1,6-7H2,2H3. The third kappa shape index (κ3) is 2.20. The summed E-state index contributed by atoms with van der Waals surface area (Å²) in [5.74, 6) is 0.937. The number of hydrogen-bond acceptors (Lipinski definition) is 2. The maximum Gasteiger partial charge on any atom is 0.134 e. The molecule has 1 rings (SSSR count). The van der Waals surface area contributed by atoms with Crippen molar-refractivity contribution in [1.29, 1.82) is 0 Å². The van der Waals surface area contributed by atoms with Crippen molar-refractivity contribution in [3.05, 3.63) is 30.9 Å². The number of imidazole rings is 1. The van der Waals surface area contributed by atoms with E-state index in [0.29, 0.717) is 13.2 Å². The Hall–Kier alpha value is -1.09. The molecule has 0 saturated heterocycles. The van der Waals surface area contributed by atoms with E-state index in [2.05, 4.69) is 11.6 Å². The van der Waals surface area contributed by atoms with E-state index in [0.717, 1.165) is 5.82 Å². The summed E-state index contributed by atoms with van der Waals surface area (Å²) in [4.78, 5) is 4.09. The largest absolute Gasteiger partial charge is 0.369 e. The average Bonchev–Trinajstić information content (AvgIpc) is 2.37. The van der Waals surface area contributed by atoms with Gasteiger partial charge in [0.1, 0.15) is 12.4 Å². The van der Waals surface area contributed by atoms with Gasteiger partial charge in [-0.1, -0.05) is 6.08 Å². The minimum Gasteiger partial charge on any atom is -0.369 e. The van der Waals surface area contributed by atoms with E-state index in [9.17, 15) is 0 Å². The topological polar surface area (TPSA) is 27.1 Å². The Balaban J connectivity index is 2.38. The van der Waals surface area contributed by atoms with Crippen LogP contribution in [-0.2, 0) is 18.4 Å². The van der Waals surface area contributed by atoms with Gasteiger partial charge in [0.05, 0.1) is 6.61 Å². The molecule has 1 heterocycles. The summed E-state index contributed by atoms with van der Waals surface area (Å²) in [6.07, 6.45) is 5.38. The molecule has 0 atom stereocenters. The second-order valence-electron chi connectivity index (χ2n) is 2.26. The van der Waals surface area contributed by atoms with Crippen molar-refractivity contribution in [3.63, 3.8) is 0 Å². The lowest BCUT2D eigenvalue weighted by molar-refractivity contribution is 0.140. The maximum absolute atomic E-state index is 5.21.